The van der Waals surface area contributed by atoms with E-state index in [0.29, 0.717) is 19.5 Å². The Balaban J connectivity index is 1.59. The third-order valence-electron chi connectivity index (χ3n) is 8.94. The zero-order valence-corrected chi connectivity index (χ0v) is 25.0. The number of hydrogen-bond acceptors (Lipinski definition) is 6. The number of nitrogens with zero attached hydrogens (tertiary/aromatic N) is 4. The zero-order chi connectivity index (χ0) is 28.8. The largest absolute Gasteiger partial charge is 0.394 e. The third kappa shape index (κ3) is 4.55. The van der Waals surface area contributed by atoms with E-state index in [1.54, 1.807) is 33.5 Å². The maximum absolute atomic E-state index is 14.7. The van der Waals surface area contributed by atoms with Crippen LogP contribution < -0.4 is 9.80 Å². The average molecular weight is 567 g/mol. The average Bonchev–Trinajstić information content (AvgIpc) is 3.27. The van der Waals surface area contributed by atoms with E-state index in [1.165, 1.54) is 0 Å². The second-order valence-electron chi connectivity index (χ2n) is 11.7. The maximum Gasteiger partial charge on any atom is 0.251 e. The molecule has 6 atom stereocenters. The monoisotopic (exact) mass is 566 g/mol. The van der Waals surface area contributed by atoms with E-state index in [1.807, 2.05) is 48.6 Å². The number of carbonyl (C=O) groups excluding carboxylic acids is 3. The predicted octanol–water partition coefficient (Wildman–Crippen LogP) is 3.17. The van der Waals surface area contributed by atoms with E-state index in [2.05, 4.69) is 32.6 Å². The first-order valence-electron chi connectivity index (χ1n) is 14.5. The Hall–Kier alpha value is -2.78. The van der Waals surface area contributed by atoms with Gasteiger partial charge in [-0.2, -0.15) is 0 Å². The Kier molecular flexibility index (Phi) is 8.08. The summed E-state index contributed by atoms with van der Waals surface area (Å²) < 4.78 is -0.887. The smallest absolute Gasteiger partial charge is 0.251 e. The minimum absolute atomic E-state index is 0.0586. The van der Waals surface area contributed by atoms with Gasteiger partial charge >= 0.3 is 0 Å². The summed E-state index contributed by atoms with van der Waals surface area (Å²) in [6.07, 6.45) is 8.64. The third-order valence-corrected chi connectivity index (χ3v) is 10.7. The van der Waals surface area contributed by atoms with Gasteiger partial charge in [-0.05, 0) is 50.5 Å². The number of hydrogen-bond donors (Lipinski definition) is 1. The van der Waals surface area contributed by atoms with Crippen molar-refractivity contribution in [3.05, 3.63) is 48.6 Å². The first-order chi connectivity index (χ1) is 19.2. The Morgan fingerprint density at radius 3 is 2.35 bits per heavy atom. The molecule has 1 aromatic carbocycles. The van der Waals surface area contributed by atoms with Crippen LogP contribution in [0.1, 0.15) is 34.1 Å². The van der Waals surface area contributed by atoms with E-state index in [4.69, 9.17) is 0 Å². The van der Waals surface area contributed by atoms with Gasteiger partial charge in [0.15, 0.2) is 0 Å². The highest BCUT2D eigenvalue weighted by Crippen LogP contribution is 2.61. The number of rotatable bonds is 8. The van der Waals surface area contributed by atoms with Crippen molar-refractivity contribution in [3.8, 4) is 0 Å². The molecule has 4 aliphatic rings. The van der Waals surface area contributed by atoms with Gasteiger partial charge in [0.2, 0.25) is 11.8 Å². The van der Waals surface area contributed by atoms with E-state index in [9.17, 15) is 19.5 Å². The molecule has 9 heteroatoms. The number of benzene rings is 1. The van der Waals surface area contributed by atoms with Crippen LogP contribution in [0, 0.1) is 17.8 Å². The van der Waals surface area contributed by atoms with Crippen LogP contribution in [0.15, 0.2) is 48.6 Å². The standard InChI is InChI=1S/C31H42N4O4S/c1-6-33(7-2)21-11-13-22(14-12-21)34-17-9-15-31-26(25-24(40-31)10-8-16-32(5)28(25)37)29(38)35(27(31)30(34)39)23(19-36)18-20(3)4/h8-15,20,23-27,36H,6-7,16-19H2,1-5H3/t23-,24+,25-,26+,27?,31+/m1/s1. The van der Waals surface area contributed by atoms with Crippen LogP contribution in [-0.2, 0) is 14.4 Å². The molecule has 0 aliphatic carbocycles. The number of thioether (sulfide) groups is 1. The van der Waals surface area contributed by atoms with Crippen LogP contribution in [-0.4, -0.2) is 94.5 Å². The fraction of sp³-hybridized carbons (Fsp3) is 0.581. The fourth-order valence-electron chi connectivity index (χ4n) is 7.08. The predicted molar refractivity (Wildman–Crippen MR) is 160 cm³/mol. The van der Waals surface area contributed by atoms with Crippen molar-refractivity contribution in [3.63, 3.8) is 0 Å². The molecule has 4 heterocycles. The number of carbonyl (C=O) groups is 3. The minimum Gasteiger partial charge on any atom is -0.394 e. The van der Waals surface area contributed by atoms with Gasteiger partial charge in [0, 0.05) is 49.9 Å². The molecular formula is C31H42N4O4S. The Morgan fingerprint density at radius 1 is 1.02 bits per heavy atom. The number of likely N-dealkylation sites (tertiary alicyclic amines) is 1. The molecule has 8 nitrogen and oxygen atoms in total. The van der Waals surface area contributed by atoms with E-state index in [-0.39, 0.29) is 35.5 Å². The lowest BCUT2D eigenvalue weighted by atomic mass is 9.78. The maximum atomic E-state index is 14.7. The summed E-state index contributed by atoms with van der Waals surface area (Å²) in [5.74, 6) is -1.42. The van der Waals surface area contributed by atoms with Gasteiger partial charge < -0.3 is 24.7 Å². The molecule has 0 radical (unpaired) electrons. The molecule has 0 bridgehead atoms. The van der Waals surface area contributed by atoms with Crippen LogP contribution >= 0.6 is 11.8 Å². The van der Waals surface area contributed by atoms with Crippen molar-refractivity contribution >= 4 is 40.9 Å². The Labute approximate surface area is 242 Å². The van der Waals surface area contributed by atoms with Crippen molar-refractivity contribution < 1.29 is 19.5 Å². The van der Waals surface area contributed by atoms with Crippen molar-refractivity contribution in [2.24, 2.45) is 17.8 Å². The molecule has 216 valence electrons. The molecule has 0 saturated carbocycles. The highest BCUT2D eigenvalue weighted by atomic mass is 32.2. The minimum atomic E-state index is -0.887. The topological polar surface area (TPSA) is 84.4 Å². The summed E-state index contributed by atoms with van der Waals surface area (Å²) in [6, 6.07) is 6.71. The fourth-order valence-corrected chi connectivity index (χ4v) is 9.07. The van der Waals surface area contributed by atoms with Crippen molar-refractivity contribution in [2.75, 3.05) is 49.6 Å². The second kappa shape index (κ2) is 11.2. The SMILES string of the molecule is CCN(CC)c1ccc(N2CC=C[C@]34S[C@H]5C=CCN(C)C(=O)[C@H]5[C@H]3C(=O)N([C@@H](CO)CC(C)C)C4C2=O)cc1. The number of anilines is 2. The quantitative estimate of drug-likeness (QED) is 0.487. The molecule has 1 spiro atoms. The van der Waals surface area contributed by atoms with E-state index < -0.39 is 28.7 Å². The van der Waals surface area contributed by atoms with Gasteiger partial charge in [0.1, 0.15) is 6.04 Å². The van der Waals surface area contributed by atoms with Gasteiger partial charge in [0.05, 0.1) is 29.2 Å². The molecule has 5 rings (SSSR count). The molecule has 40 heavy (non-hydrogen) atoms. The zero-order valence-electron chi connectivity index (χ0n) is 24.2. The molecular weight excluding hydrogens is 524 g/mol. The molecule has 2 saturated heterocycles. The van der Waals surface area contributed by atoms with E-state index >= 15 is 0 Å². The van der Waals surface area contributed by atoms with Gasteiger partial charge in [0.25, 0.3) is 5.91 Å². The normalized spacial score (nSPS) is 30.4. The summed E-state index contributed by atoms with van der Waals surface area (Å²) in [4.78, 5) is 50.1. The highest BCUT2D eigenvalue weighted by molar-refractivity contribution is 8.02. The summed E-state index contributed by atoms with van der Waals surface area (Å²) in [7, 11) is 1.77. The molecule has 4 aliphatic heterocycles. The molecule has 2 fully saturated rings. The molecule has 1 aromatic rings. The summed E-state index contributed by atoms with van der Waals surface area (Å²) in [5.41, 5.74) is 1.87. The van der Waals surface area contributed by atoms with Crippen LogP contribution in [0.5, 0.6) is 0 Å². The lowest BCUT2D eigenvalue weighted by Gasteiger charge is -2.39. The van der Waals surface area contributed by atoms with E-state index in [0.717, 1.165) is 24.5 Å². The first kappa shape index (κ1) is 28.7. The van der Waals surface area contributed by atoms with Crippen LogP contribution in [0.4, 0.5) is 11.4 Å². The number of amides is 3. The van der Waals surface area contributed by atoms with Crippen LogP contribution in [0.3, 0.4) is 0 Å². The highest BCUT2D eigenvalue weighted by Gasteiger charge is 2.71. The first-order valence-corrected chi connectivity index (χ1v) is 15.4. The summed E-state index contributed by atoms with van der Waals surface area (Å²) >= 11 is 1.58. The van der Waals surface area contributed by atoms with Crippen molar-refractivity contribution in [2.45, 2.75) is 56.2 Å². The lowest BCUT2D eigenvalue weighted by molar-refractivity contribution is -0.144. The molecule has 3 amide bonds. The number of likely N-dealkylation sites (N-methyl/N-ethyl adjacent to an activating group) is 1. The summed E-state index contributed by atoms with van der Waals surface area (Å²) in [5, 5.41) is 10.3. The molecule has 1 unspecified atom stereocenters. The molecule has 1 N–H and O–H groups in total. The lowest BCUT2D eigenvalue weighted by Crippen LogP contribution is -2.57. The van der Waals surface area contributed by atoms with Crippen molar-refractivity contribution in [1.82, 2.24) is 9.80 Å². The molecule has 0 aromatic heterocycles. The van der Waals surface area contributed by atoms with Gasteiger partial charge in [-0.1, -0.05) is 38.2 Å². The number of aliphatic hydroxyl groups excluding tert-OH is 1. The number of fused-ring (bicyclic) bond motifs is 2. The number of aliphatic hydroxyl groups is 1. The summed E-state index contributed by atoms with van der Waals surface area (Å²) in [6.45, 7) is 10.8. The van der Waals surface area contributed by atoms with Crippen molar-refractivity contribution in [1.29, 1.82) is 0 Å². The van der Waals surface area contributed by atoms with Gasteiger partial charge in [-0.3, -0.25) is 14.4 Å². The van der Waals surface area contributed by atoms with Gasteiger partial charge in [-0.15, -0.1) is 11.8 Å². The second-order valence-corrected chi connectivity index (χ2v) is 13.2. The van der Waals surface area contributed by atoms with Crippen LogP contribution in [0.25, 0.3) is 0 Å². The Morgan fingerprint density at radius 2 is 1.73 bits per heavy atom. The Bertz CT molecular complexity index is 1200. The van der Waals surface area contributed by atoms with Gasteiger partial charge in [-0.25, -0.2) is 0 Å². The van der Waals surface area contributed by atoms with Crippen LogP contribution in [0.2, 0.25) is 0 Å².